The van der Waals surface area contributed by atoms with Crippen LogP contribution in [0.1, 0.15) is 15.4 Å². The molecule has 0 saturated carbocycles. The number of nitrogen functional groups attached to an aromatic ring is 1. The van der Waals surface area contributed by atoms with Crippen LogP contribution in [0.25, 0.3) is 0 Å². The molecule has 0 unspecified atom stereocenters. The Bertz CT molecular complexity index is 489. The molecule has 0 aliphatic heterocycles. The summed E-state index contributed by atoms with van der Waals surface area (Å²) < 4.78 is 1.71. The Morgan fingerprint density at radius 1 is 1.69 bits per heavy atom. The van der Waals surface area contributed by atoms with Crippen LogP contribution in [0.2, 0.25) is 0 Å². The van der Waals surface area contributed by atoms with E-state index in [4.69, 9.17) is 5.73 Å². The summed E-state index contributed by atoms with van der Waals surface area (Å²) in [5.74, 6) is -0.132. The van der Waals surface area contributed by atoms with Gasteiger partial charge in [0.15, 0.2) is 0 Å². The largest absolute Gasteiger partial charge is 0.397 e. The second-order valence-corrected chi connectivity index (χ2v) is 4.39. The van der Waals surface area contributed by atoms with Gasteiger partial charge in [-0.25, -0.2) is 0 Å². The molecule has 0 fully saturated rings. The normalized spacial score (nSPS) is 10.3. The van der Waals surface area contributed by atoms with Gasteiger partial charge in [-0.05, 0) is 6.07 Å². The van der Waals surface area contributed by atoms with E-state index in [2.05, 4.69) is 10.3 Å². The van der Waals surface area contributed by atoms with Crippen molar-refractivity contribution in [1.82, 2.24) is 14.9 Å². The van der Waals surface area contributed by atoms with Gasteiger partial charge in [0.1, 0.15) is 5.69 Å². The molecule has 0 radical (unpaired) electrons. The van der Waals surface area contributed by atoms with E-state index in [1.165, 1.54) is 11.3 Å². The van der Waals surface area contributed by atoms with Gasteiger partial charge in [0.05, 0.1) is 17.7 Å². The van der Waals surface area contributed by atoms with Gasteiger partial charge >= 0.3 is 0 Å². The molecule has 0 aliphatic rings. The predicted molar refractivity (Wildman–Crippen MR) is 63.1 cm³/mol. The van der Waals surface area contributed by atoms with Crippen molar-refractivity contribution in [3.8, 4) is 0 Å². The fraction of sp³-hybridized carbons (Fsp3) is 0.200. The van der Waals surface area contributed by atoms with Crippen LogP contribution in [-0.4, -0.2) is 15.5 Å². The van der Waals surface area contributed by atoms with Crippen LogP contribution < -0.4 is 11.1 Å². The lowest BCUT2D eigenvalue weighted by Crippen LogP contribution is -2.24. The second kappa shape index (κ2) is 4.36. The smallest absolute Gasteiger partial charge is 0.268 e. The van der Waals surface area contributed by atoms with E-state index in [0.717, 1.165) is 4.88 Å². The number of carbonyl (C=O) groups is 1. The number of thiazole rings is 1. The quantitative estimate of drug-likeness (QED) is 0.834. The van der Waals surface area contributed by atoms with E-state index in [1.807, 2.05) is 0 Å². The number of nitrogens with one attached hydrogen (secondary N) is 1. The number of carbonyl (C=O) groups excluding carboxylic acids is 1. The summed E-state index contributed by atoms with van der Waals surface area (Å²) in [6.45, 7) is 0.495. The summed E-state index contributed by atoms with van der Waals surface area (Å²) in [5, 5.41) is 2.81. The number of nitrogens with zero attached hydrogens (tertiary/aromatic N) is 2. The van der Waals surface area contributed by atoms with E-state index in [1.54, 1.807) is 35.6 Å². The highest BCUT2D eigenvalue weighted by atomic mass is 32.1. The molecule has 2 rings (SSSR count). The van der Waals surface area contributed by atoms with Gasteiger partial charge in [-0.3, -0.25) is 9.78 Å². The third-order valence-electron chi connectivity index (χ3n) is 2.17. The van der Waals surface area contributed by atoms with Gasteiger partial charge in [0, 0.05) is 24.3 Å². The molecule has 2 aromatic rings. The minimum Gasteiger partial charge on any atom is -0.397 e. The summed E-state index contributed by atoms with van der Waals surface area (Å²) in [6.07, 6.45) is 3.45. The first-order chi connectivity index (χ1) is 7.66. The molecule has 1 amide bonds. The van der Waals surface area contributed by atoms with Crippen molar-refractivity contribution in [1.29, 1.82) is 0 Å². The number of hydrogen-bond donors (Lipinski definition) is 2. The van der Waals surface area contributed by atoms with Crippen molar-refractivity contribution in [3.63, 3.8) is 0 Å². The molecule has 2 aromatic heterocycles. The number of aromatic nitrogens is 2. The molecule has 84 valence electrons. The molecule has 0 spiro atoms. The maximum Gasteiger partial charge on any atom is 0.268 e. The summed E-state index contributed by atoms with van der Waals surface area (Å²) in [5.41, 5.74) is 8.48. The average molecular weight is 236 g/mol. The summed E-state index contributed by atoms with van der Waals surface area (Å²) >= 11 is 1.51. The monoisotopic (exact) mass is 236 g/mol. The molecule has 0 aromatic carbocycles. The van der Waals surface area contributed by atoms with Crippen LogP contribution in [-0.2, 0) is 13.6 Å². The van der Waals surface area contributed by atoms with Gasteiger partial charge in [0.2, 0.25) is 0 Å². The highest BCUT2D eigenvalue weighted by Crippen LogP contribution is 2.09. The number of aryl methyl sites for hydroxylation is 1. The van der Waals surface area contributed by atoms with E-state index in [0.29, 0.717) is 17.9 Å². The Balaban J connectivity index is 2.01. The van der Waals surface area contributed by atoms with Crippen molar-refractivity contribution in [2.75, 3.05) is 5.73 Å². The standard InChI is InChI=1S/C10H12N4OS/c1-14-5-7(11)2-9(14)10(15)13-4-8-3-12-6-16-8/h2-3,5-6H,4,11H2,1H3,(H,13,15). The first kappa shape index (κ1) is 10.7. The van der Waals surface area contributed by atoms with Crippen molar-refractivity contribution < 1.29 is 4.79 Å². The maximum atomic E-state index is 11.8. The molecule has 16 heavy (non-hydrogen) atoms. The third-order valence-corrected chi connectivity index (χ3v) is 2.94. The van der Waals surface area contributed by atoms with Crippen LogP contribution in [0, 0.1) is 0 Å². The van der Waals surface area contributed by atoms with E-state index in [-0.39, 0.29) is 5.91 Å². The van der Waals surface area contributed by atoms with Gasteiger partial charge in [-0.1, -0.05) is 0 Å². The molecule has 3 N–H and O–H groups in total. The summed E-state index contributed by atoms with van der Waals surface area (Å²) in [4.78, 5) is 16.7. The lowest BCUT2D eigenvalue weighted by molar-refractivity contribution is 0.0943. The minimum absolute atomic E-state index is 0.132. The molecular formula is C10H12N4OS. The first-order valence-electron chi connectivity index (χ1n) is 4.74. The van der Waals surface area contributed by atoms with Crippen LogP contribution in [0.5, 0.6) is 0 Å². The molecule has 0 aliphatic carbocycles. The average Bonchev–Trinajstić information content (AvgIpc) is 2.84. The van der Waals surface area contributed by atoms with Crippen molar-refractivity contribution in [3.05, 3.63) is 34.5 Å². The first-order valence-corrected chi connectivity index (χ1v) is 5.62. The highest BCUT2D eigenvalue weighted by Gasteiger charge is 2.10. The number of hydrogen-bond acceptors (Lipinski definition) is 4. The number of amides is 1. The Morgan fingerprint density at radius 3 is 3.06 bits per heavy atom. The SMILES string of the molecule is Cn1cc(N)cc1C(=O)NCc1cncs1. The van der Waals surface area contributed by atoms with E-state index < -0.39 is 0 Å². The topological polar surface area (TPSA) is 72.9 Å². The fourth-order valence-corrected chi connectivity index (χ4v) is 1.94. The number of nitrogens with two attached hydrogens (primary N) is 1. The molecular weight excluding hydrogens is 224 g/mol. The third kappa shape index (κ3) is 2.22. The molecule has 0 bridgehead atoms. The molecule has 2 heterocycles. The highest BCUT2D eigenvalue weighted by molar-refractivity contribution is 7.09. The zero-order valence-electron chi connectivity index (χ0n) is 8.80. The predicted octanol–water partition coefficient (Wildman–Crippen LogP) is 0.994. The van der Waals surface area contributed by atoms with Crippen molar-refractivity contribution >= 4 is 22.9 Å². The zero-order chi connectivity index (χ0) is 11.5. The van der Waals surface area contributed by atoms with Crippen LogP contribution in [0.4, 0.5) is 5.69 Å². The summed E-state index contributed by atoms with van der Waals surface area (Å²) in [6, 6.07) is 1.65. The zero-order valence-corrected chi connectivity index (χ0v) is 9.62. The van der Waals surface area contributed by atoms with Crippen molar-refractivity contribution in [2.45, 2.75) is 6.54 Å². The van der Waals surface area contributed by atoms with Gasteiger partial charge in [-0.15, -0.1) is 11.3 Å². The van der Waals surface area contributed by atoms with E-state index in [9.17, 15) is 4.79 Å². The molecule has 0 atom stereocenters. The van der Waals surface area contributed by atoms with Gasteiger partial charge in [-0.2, -0.15) is 0 Å². The van der Waals surface area contributed by atoms with Crippen molar-refractivity contribution in [2.24, 2.45) is 7.05 Å². The molecule has 5 nitrogen and oxygen atoms in total. The number of anilines is 1. The second-order valence-electron chi connectivity index (χ2n) is 3.42. The Hall–Kier alpha value is -1.82. The number of rotatable bonds is 3. The maximum absolute atomic E-state index is 11.8. The van der Waals surface area contributed by atoms with Gasteiger partial charge in [0.25, 0.3) is 5.91 Å². The lowest BCUT2D eigenvalue weighted by atomic mass is 10.4. The van der Waals surface area contributed by atoms with E-state index >= 15 is 0 Å². The Kier molecular flexibility index (Phi) is 2.91. The van der Waals surface area contributed by atoms with Crippen LogP contribution in [0.3, 0.4) is 0 Å². The lowest BCUT2D eigenvalue weighted by Gasteiger charge is -2.03. The molecule has 0 saturated heterocycles. The van der Waals surface area contributed by atoms with Crippen LogP contribution >= 0.6 is 11.3 Å². The van der Waals surface area contributed by atoms with Crippen LogP contribution in [0.15, 0.2) is 24.0 Å². The Labute approximate surface area is 96.9 Å². The van der Waals surface area contributed by atoms with Gasteiger partial charge < -0.3 is 15.6 Å². The minimum atomic E-state index is -0.132. The molecule has 6 heteroatoms. The fourth-order valence-electron chi connectivity index (χ4n) is 1.40. The Morgan fingerprint density at radius 2 is 2.50 bits per heavy atom. The summed E-state index contributed by atoms with van der Waals surface area (Å²) in [7, 11) is 1.79.